The third kappa shape index (κ3) is 2.03. The second kappa shape index (κ2) is 4.59. The number of nitrogens with one attached hydrogen (secondary N) is 1. The van der Waals surface area contributed by atoms with Crippen LogP contribution in [-0.2, 0) is 13.1 Å². The Morgan fingerprint density at radius 1 is 1.41 bits per heavy atom. The lowest BCUT2D eigenvalue weighted by Gasteiger charge is -2.07. The molecule has 4 nitrogen and oxygen atoms in total. The van der Waals surface area contributed by atoms with E-state index >= 15 is 0 Å². The van der Waals surface area contributed by atoms with E-state index in [4.69, 9.17) is 5.11 Å². The molecule has 0 aliphatic heterocycles. The van der Waals surface area contributed by atoms with Crippen molar-refractivity contribution in [2.24, 2.45) is 0 Å². The maximum Gasteiger partial charge on any atom is 0.335 e. The van der Waals surface area contributed by atoms with Gasteiger partial charge in [-0.3, -0.25) is 0 Å². The molecular weight excluding hydrogens is 216 g/mol. The molecule has 0 fully saturated rings. The minimum absolute atomic E-state index is 0.335. The normalized spacial score (nSPS) is 10.9. The molecule has 0 saturated carbocycles. The highest BCUT2D eigenvalue weighted by Crippen LogP contribution is 2.21. The average molecular weight is 232 g/mol. The molecule has 2 N–H and O–H groups in total. The predicted molar refractivity (Wildman–Crippen MR) is 67.3 cm³/mol. The first-order valence-electron chi connectivity index (χ1n) is 5.67. The van der Waals surface area contributed by atoms with Crippen LogP contribution in [0.4, 0.5) is 0 Å². The van der Waals surface area contributed by atoms with E-state index in [0.717, 1.165) is 24.0 Å². The number of benzene rings is 1. The topological polar surface area (TPSA) is 54.3 Å². The van der Waals surface area contributed by atoms with E-state index in [-0.39, 0.29) is 0 Å². The molecule has 0 unspecified atom stereocenters. The van der Waals surface area contributed by atoms with Gasteiger partial charge in [0, 0.05) is 29.7 Å². The molecule has 0 bridgehead atoms. The molecule has 0 aliphatic rings. The van der Waals surface area contributed by atoms with Gasteiger partial charge in [-0.05, 0) is 38.2 Å². The van der Waals surface area contributed by atoms with Gasteiger partial charge in [0.15, 0.2) is 0 Å². The highest BCUT2D eigenvalue weighted by atomic mass is 16.4. The van der Waals surface area contributed by atoms with Crippen molar-refractivity contribution in [1.29, 1.82) is 0 Å². The van der Waals surface area contributed by atoms with Crippen LogP contribution in [0.1, 0.15) is 23.0 Å². The fraction of sp³-hybridized carbons (Fsp3) is 0.308. The number of fused-ring (bicyclic) bond motifs is 1. The number of nitrogens with zero attached hydrogens (tertiary/aromatic N) is 1. The van der Waals surface area contributed by atoms with Crippen molar-refractivity contribution in [3.63, 3.8) is 0 Å². The molecule has 2 aromatic rings. The Hall–Kier alpha value is -1.81. The summed E-state index contributed by atoms with van der Waals surface area (Å²) in [5.41, 5.74) is 2.59. The number of carboxylic acids is 1. The molecule has 0 saturated heterocycles. The quantitative estimate of drug-likeness (QED) is 0.848. The van der Waals surface area contributed by atoms with E-state index in [1.165, 1.54) is 5.69 Å². The fourth-order valence-corrected chi connectivity index (χ4v) is 2.16. The van der Waals surface area contributed by atoms with Gasteiger partial charge in [0.1, 0.15) is 0 Å². The Bertz CT molecular complexity index is 558. The van der Waals surface area contributed by atoms with Crippen molar-refractivity contribution in [1.82, 2.24) is 9.88 Å². The second-order valence-electron chi connectivity index (χ2n) is 3.99. The van der Waals surface area contributed by atoms with Crippen molar-refractivity contribution in [3.05, 3.63) is 35.5 Å². The lowest BCUT2D eigenvalue weighted by molar-refractivity contribution is 0.0697. The fourth-order valence-electron chi connectivity index (χ4n) is 2.16. The summed E-state index contributed by atoms with van der Waals surface area (Å²) in [6.45, 7) is 3.75. The van der Waals surface area contributed by atoms with Crippen LogP contribution < -0.4 is 5.32 Å². The molecule has 17 heavy (non-hydrogen) atoms. The molecular formula is C13H16N2O2. The zero-order valence-electron chi connectivity index (χ0n) is 10.0. The van der Waals surface area contributed by atoms with E-state index in [1.807, 2.05) is 19.2 Å². The van der Waals surface area contributed by atoms with Gasteiger partial charge >= 0.3 is 5.97 Å². The first-order valence-corrected chi connectivity index (χ1v) is 5.67. The average Bonchev–Trinajstić information content (AvgIpc) is 2.65. The molecule has 2 rings (SSSR count). The van der Waals surface area contributed by atoms with Gasteiger partial charge < -0.3 is 15.0 Å². The molecule has 1 aromatic carbocycles. The Morgan fingerprint density at radius 3 is 2.76 bits per heavy atom. The maximum absolute atomic E-state index is 10.9. The van der Waals surface area contributed by atoms with E-state index in [9.17, 15) is 4.79 Å². The van der Waals surface area contributed by atoms with Crippen molar-refractivity contribution < 1.29 is 9.90 Å². The van der Waals surface area contributed by atoms with Crippen LogP contribution in [0.5, 0.6) is 0 Å². The van der Waals surface area contributed by atoms with Crippen molar-refractivity contribution in [2.45, 2.75) is 20.0 Å². The first-order chi connectivity index (χ1) is 8.17. The van der Waals surface area contributed by atoms with Crippen LogP contribution in [0.2, 0.25) is 0 Å². The second-order valence-corrected chi connectivity index (χ2v) is 3.99. The van der Waals surface area contributed by atoms with Gasteiger partial charge in [-0.25, -0.2) is 4.79 Å². The molecule has 0 atom stereocenters. The van der Waals surface area contributed by atoms with E-state index in [0.29, 0.717) is 5.56 Å². The van der Waals surface area contributed by atoms with Crippen molar-refractivity contribution >= 4 is 16.9 Å². The molecule has 1 heterocycles. The van der Waals surface area contributed by atoms with Crippen LogP contribution in [0.15, 0.2) is 24.3 Å². The zero-order valence-corrected chi connectivity index (χ0v) is 10.0. The summed E-state index contributed by atoms with van der Waals surface area (Å²) in [4.78, 5) is 10.9. The highest BCUT2D eigenvalue weighted by Gasteiger charge is 2.09. The molecule has 90 valence electrons. The molecule has 4 heteroatoms. The SMILES string of the molecule is CCn1c(CNC)cc2cc(C(=O)O)ccc21. The van der Waals surface area contributed by atoms with Gasteiger partial charge in [0.25, 0.3) is 0 Å². The maximum atomic E-state index is 10.9. The number of carboxylic acid groups (broad SMARTS) is 1. The summed E-state index contributed by atoms with van der Waals surface area (Å²) >= 11 is 0. The van der Waals surface area contributed by atoms with Crippen LogP contribution >= 0.6 is 0 Å². The first kappa shape index (κ1) is 11.7. The number of aromatic carboxylic acids is 1. The summed E-state index contributed by atoms with van der Waals surface area (Å²) in [6.07, 6.45) is 0. The predicted octanol–water partition coefficient (Wildman–Crippen LogP) is 2.08. The standard InChI is InChI=1S/C13H16N2O2/c1-3-15-11(8-14-2)7-10-6-9(13(16)17)4-5-12(10)15/h4-7,14H,3,8H2,1-2H3,(H,16,17). The third-order valence-electron chi connectivity index (χ3n) is 2.91. The Kier molecular flexibility index (Phi) is 3.15. The Balaban J connectivity index is 2.60. The van der Waals surface area contributed by atoms with Gasteiger partial charge in [-0.1, -0.05) is 0 Å². The summed E-state index contributed by atoms with van der Waals surface area (Å²) in [5, 5.41) is 13.1. The van der Waals surface area contributed by atoms with E-state index in [1.54, 1.807) is 12.1 Å². The van der Waals surface area contributed by atoms with Crippen molar-refractivity contribution in [3.8, 4) is 0 Å². The van der Waals surface area contributed by atoms with Crippen LogP contribution in [-0.4, -0.2) is 22.7 Å². The minimum Gasteiger partial charge on any atom is -0.478 e. The Morgan fingerprint density at radius 2 is 2.18 bits per heavy atom. The summed E-state index contributed by atoms with van der Waals surface area (Å²) in [5.74, 6) is -0.883. The largest absolute Gasteiger partial charge is 0.478 e. The number of aromatic nitrogens is 1. The van der Waals surface area contributed by atoms with E-state index < -0.39 is 5.97 Å². The van der Waals surface area contributed by atoms with Crippen LogP contribution in [0, 0.1) is 0 Å². The van der Waals surface area contributed by atoms with Gasteiger partial charge in [0.05, 0.1) is 5.56 Å². The highest BCUT2D eigenvalue weighted by molar-refractivity contribution is 5.94. The molecule has 0 spiro atoms. The van der Waals surface area contributed by atoms with Crippen LogP contribution in [0.25, 0.3) is 10.9 Å². The van der Waals surface area contributed by atoms with Crippen LogP contribution in [0.3, 0.4) is 0 Å². The van der Waals surface area contributed by atoms with Gasteiger partial charge in [-0.15, -0.1) is 0 Å². The number of hydrogen-bond donors (Lipinski definition) is 2. The zero-order chi connectivity index (χ0) is 12.4. The lowest BCUT2D eigenvalue weighted by Crippen LogP contribution is -2.10. The number of rotatable bonds is 4. The number of hydrogen-bond acceptors (Lipinski definition) is 2. The molecule has 0 aliphatic carbocycles. The van der Waals surface area contributed by atoms with Crippen molar-refractivity contribution in [2.75, 3.05) is 7.05 Å². The summed E-state index contributed by atoms with van der Waals surface area (Å²) in [7, 11) is 1.90. The molecule has 0 amide bonds. The molecule has 1 aromatic heterocycles. The van der Waals surface area contributed by atoms with Gasteiger partial charge in [-0.2, -0.15) is 0 Å². The number of carbonyl (C=O) groups is 1. The van der Waals surface area contributed by atoms with Gasteiger partial charge in [0.2, 0.25) is 0 Å². The monoisotopic (exact) mass is 232 g/mol. The number of aryl methyl sites for hydroxylation is 1. The lowest BCUT2D eigenvalue weighted by atomic mass is 10.1. The summed E-state index contributed by atoms with van der Waals surface area (Å²) in [6, 6.07) is 7.30. The Labute approximate surface area is 99.9 Å². The third-order valence-corrected chi connectivity index (χ3v) is 2.91. The summed E-state index contributed by atoms with van der Waals surface area (Å²) < 4.78 is 2.19. The molecule has 0 radical (unpaired) electrons. The smallest absolute Gasteiger partial charge is 0.335 e. The minimum atomic E-state index is -0.883. The van der Waals surface area contributed by atoms with E-state index in [2.05, 4.69) is 16.8 Å².